The summed E-state index contributed by atoms with van der Waals surface area (Å²) in [6, 6.07) is 12.3. The van der Waals surface area contributed by atoms with Crippen LogP contribution in [0.3, 0.4) is 0 Å². The molecule has 0 saturated carbocycles. The molecule has 1 fully saturated rings. The first-order chi connectivity index (χ1) is 11.4. The average molecular weight is 324 g/mol. The molecule has 3 aromatic rings. The molecule has 2 aromatic heterocycles. The summed E-state index contributed by atoms with van der Waals surface area (Å²) in [7, 11) is 0. The number of anilines is 1. The molecule has 3 heterocycles. The highest BCUT2D eigenvalue weighted by Gasteiger charge is 2.12. The molecular weight excluding hydrogens is 304 g/mol. The topological polar surface area (TPSA) is 41.1 Å². The minimum Gasteiger partial charge on any atom is -0.368 e. The Balaban J connectivity index is 1.60. The van der Waals surface area contributed by atoms with Crippen molar-refractivity contribution in [2.24, 2.45) is 0 Å². The smallest absolute Gasteiger partial charge is 0.172 e. The van der Waals surface area contributed by atoms with Crippen molar-refractivity contribution in [1.82, 2.24) is 14.9 Å². The number of hydrogen-bond donors (Lipinski definition) is 1. The largest absolute Gasteiger partial charge is 0.368 e. The molecule has 1 aliphatic rings. The third-order valence-corrected chi connectivity index (χ3v) is 5.13. The minimum absolute atomic E-state index is 0.808. The first-order valence-electron chi connectivity index (χ1n) is 8.17. The molecule has 1 saturated heterocycles. The number of aromatic nitrogens is 2. The average Bonchev–Trinajstić information content (AvgIpc) is 3.28. The van der Waals surface area contributed by atoms with Crippen molar-refractivity contribution in [2.75, 3.05) is 31.5 Å². The van der Waals surface area contributed by atoms with E-state index in [-0.39, 0.29) is 0 Å². The van der Waals surface area contributed by atoms with Gasteiger partial charge in [0, 0.05) is 18.5 Å². The molecule has 0 unspecified atom stereocenters. The van der Waals surface area contributed by atoms with Crippen LogP contribution in [-0.2, 0) is 0 Å². The van der Waals surface area contributed by atoms with Gasteiger partial charge in [-0.25, -0.2) is 9.97 Å². The Hall–Kier alpha value is -1.98. The van der Waals surface area contributed by atoms with Crippen LogP contribution in [0.1, 0.15) is 12.8 Å². The second-order valence-electron chi connectivity index (χ2n) is 5.87. The quantitative estimate of drug-likeness (QED) is 0.773. The molecule has 0 amide bonds. The van der Waals surface area contributed by atoms with E-state index < -0.39 is 0 Å². The zero-order valence-corrected chi connectivity index (χ0v) is 13.9. The number of benzene rings is 1. The van der Waals surface area contributed by atoms with Crippen molar-refractivity contribution in [3.05, 3.63) is 41.8 Å². The summed E-state index contributed by atoms with van der Waals surface area (Å²) in [5, 5.41) is 6.68. The van der Waals surface area contributed by atoms with Crippen molar-refractivity contribution in [3.8, 4) is 10.7 Å². The van der Waals surface area contributed by atoms with Crippen molar-refractivity contribution in [1.29, 1.82) is 0 Å². The van der Waals surface area contributed by atoms with Crippen LogP contribution < -0.4 is 5.32 Å². The van der Waals surface area contributed by atoms with E-state index in [2.05, 4.69) is 33.8 Å². The van der Waals surface area contributed by atoms with Crippen molar-refractivity contribution in [3.63, 3.8) is 0 Å². The maximum absolute atomic E-state index is 4.78. The lowest BCUT2D eigenvalue weighted by molar-refractivity contribution is 0.352. The number of thiophene rings is 1. The number of nitrogens with one attached hydrogen (secondary N) is 1. The van der Waals surface area contributed by atoms with E-state index >= 15 is 0 Å². The molecule has 4 rings (SSSR count). The van der Waals surface area contributed by atoms with Gasteiger partial charge in [-0.05, 0) is 49.5 Å². The molecular formula is C18H20N4S. The van der Waals surface area contributed by atoms with Gasteiger partial charge in [-0.1, -0.05) is 18.2 Å². The van der Waals surface area contributed by atoms with E-state index in [4.69, 9.17) is 9.97 Å². The van der Waals surface area contributed by atoms with Gasteiger partial charge in [0.15, 0.2) is 5.82 Å². The summed E-state index contributed by atoms with van der Waals surface area (Å²) in [6.45, 7) is 4.46. The molecule has 0 atom stereocenters. The van der Waals surface area contributed by atoms with E-state index in [1.807, 2.05) is 18.2 Å². The predicted octanol–water partition coefficient (Wildman–Crippen LogP) is 3.87. The Morgan fingerprint density at radius 1 is 1.04 bits per heavy atom. The number of hydrogen-bond acceptors (Lipinski definition) is 5. The molecule has 1 N–H and O–H groups in total. The zero-order valence-electron chi connectivity index (χ0n) is 13.0. The van der Waals surface area contributed by atoms with Crippen molar-refractivity contribution >= 4 is 28.1 Å². The van der Waals surface area contributed by atoms with Gasteiger partial charge < -0.3 is 10.2 Å². The first-order valence-corrected chi connectivity index (χ1v) is 9.05. The van der Waals surface area contributed by atoms with Crippen LogP contribution in [0, 0.1) is 0 Å². The highest BCUT2D eigenvalue weighted by Crippen LogP contribution is 2.27. The van der Waals surface area contributed by atoms with Gasteiger partial charge in [-0.15, -0.1) is 11.3 Å². The normalized spacial score (nSPS) is 15.3. The van der Waals surface area contributed by atoms with Crippen molar-refractivity contribution < 1.29 is 0 Å². The van der Waals surface area contributed by atoms with E-state index in [9.17, 15) is 0 Å². The SMILES string of the molecule is c1csc(-c2nc(NCCN3CCCC3)c3ccccc3n2)c1. The third kappa shape index (κ3) is 3.21. The summed E-state index contributed by atoms with van der Waals surface area (Å²) in [6.07, 6.45) is 2.66. The fourth-order valence-electron chi connectivity index (χ4n) is 3.07. The first kappa shape index (κ1) is 14.6. The number of rotatable bonds is 5. The van der Waals surface area contributed by atoms with Crippen LogP contribution in [0.5, 0.6) is 0 Å². The Labute approximate surface area is 140 Å². The third-order valence-electron chi connectivity index (χ3n) is 4.26. The van der Waals surface area contributed by atoms with Gasteiger partial charge >= 0.3 is 0 Å². The molecule has 23 heavy (non-hydrogen) atoms. The molecule has 1 aromatic carbocycles. The monoisotopic (exact) mass is 324 g/mol. The summed E-state index contributed by atoms with van der Waals surface area (Å²) < 4.78 is 0. The summed E-state index contributed by atoms with van der Waals surface area (Å²) >= 11 is 1.68. The van der Waals surface area contributed by atoms with Crippen LogP contribution in [0.2, 0.25) is 0 Å². The van der Waals surface area contributed by atoms with E-state index in [1.165, 1.54) is 25.9 Å². The predicted molar refractivity (Wildman–Crippen MR) is 97.0 cm³/mol. The molecule has 4 nitrogen and oxygen atoms in total. The number of nitrogens with zero attached hydrogens (tertiary/aromatic N) is 3. The summed E-state index contributed by atoms with van der Waals surface area (Å²) in [5.41, 5.74) is 0.995. The molecule has 1 aliphatic heterocycles. The van der Waals surface area contributed by atoms with Crippen LogP contribution in [0.15, 0.2) is 41.8 Å². The highest BCUT2D eigenvalue weighted by atomic mass is 32.1. The molecule has 0 bridgehead atoms. The lowest BCUT2D eigenvalue weighted by Gasteiger charge is -2.16. The van der Waals surface area contributed by atoms with Gasteiger partial charge in [0.05, 0.1) is 10.4 Å². The zero-order chi connectivity index (χ0) is 15.5. The lowest BCUT2D eigenvalue weighted by atomic mass is 10.2. The molecule has 118 valence electrons. The Morgan fingerprint density at radius 2 is 1.91 bits per heavy atom. The van der Waals surface area contributed by atoms with Gasteiger partial charge in [0.25, 0.3) is 0 Å². The summed E-state index contributed by atoms with van der Waals surface area (Å²) in [5.74, 6) is 1.75. The maximum atomic E-state index is 4.78. The molecule has 0 radical (unpaired) electrons. The second-order valence-corrected chi connectivity index (χ2v) is 6.81. The fourth-order valence-corrected chi connectivity index (χ4v) is 3.72. The fraction of sp³-hybridized carbons (Fsp3) is 0.333. The van der Waals surface area contributed by atoms with Crippen LogP contribution in [0.25, 0.3) is 21.6 Å². The van der Waals surface area contributed by atoms with Crippen LogP contribution in [0.4, 0.5) is 5.82 Å². The minimum atomic E-state index is 0.808. The van der Waals surface area contributed by atoms with Crippen molar-refractivity contribution in [2.45, 2.75) is 12.8 Å². The Bertz CT molecular complexity index is 779. The van der Waals surface area contributed by atoms with Gasteiger partial charge in [-0.3, -0.25) is 0 Å². The molecule has 5 heteroatoms. The maximum Gasteiger partial charge on any atom is 0.172 e. The number of fused-ring (bicyclic) bond motifs is 1. The van der Waals surface area contributed by atoms with E-state index in [1.54, 1.807) is 11.3 Å². The standard InChI is InChI=1S/C18H20N4S/c1-2-7-15-14(6-1)17(19-9-12-22-10-3-4-11-22)21-18(20-15)16-8-5-13-23-16/h1-2,5-8,13H,3-4,9-12H2,(H,19,20,21). The number of likely N-dealkylation sites (tertiary alicyclic amines) is 1. The van der Waals surface area contributed by atoms with Crippen LogP contribution >= 0.6 is 11.3 Å². The molecule has 0 spiro atoms. The second kappa shape index (κ2) is 6.64. The van der Waals surface area contributed by atoms with Gasteiger partial charge in [0.1, 0.15) is 5.82 Å². The highest BCUT2D eigenvalue weighted by molar-refractivity contribution is 7.13. The lowest BCUT2D eigenvalue weighted by Crippen LogP contribution is -2.26. The number of para-hydroxylation sites is 1. The summed E-state index contributed by atoms with van der Waals surface area (Å²) in [4.78, 5) is 13.1. The Morgan fingerprint density at radius 3 is 2.74 bits per heavy atom. The van der Waals surface area contributed by atoms with Gasteiger partial charge in [-0.2, -0.15) is 0 Å². The Kier molecular flexibility index (Phi) is 4.22. The van der Waals surface area contributed by atoms with Crippen LogP contribution in [-0.4, -0.2) is 41.0 Å². The van der Waals surface area contributed by atoms with E-state index in [0.29, 0.717) is 0 Å². The van der Waals surface area contributed by atoms with E-state index in [0.717, 1.165) is 40.5 Å². The van der Waals surface area contributed by atoms with Gasteiger partial charge in [0.2, 0.25) is 0 Å². The molecule has 0 aliphatic carbocycles.